The van der Waals surface area contributed by atoms with E-state index in [0.29, 0.717) is 6.04 Å². The van der Waals surface area contributed by atoms with Crippen molar-refractivity contribution in [2.24, 2.45) is 0 Å². The number of hydrogen-bond acceptors (Lipinski definition) is 4. The van der Waals surface area contributed by atoms with Gasteiger partial charge in [-0.25, -0.2) is 0 Å². The zero-order chi connectivity index (χ0) is 13.0. The van der Waals surface area contributed by atoms with Crippen molar-refractivity contribution >= 4 is 11.3 Å². The first-order chi connectivity index (χ1) is 8.70. The molecule has 1 N–H and O–H groups in total. The van der Waals surface area contributed by atoms with Crippen LogP contribution in [-0.2, 0) is 0 Å². The van der Waals surface area contributed by atoms with E-state index in [4.69, 9.17) is 0 Å². The van der Waals surface area contributed by atoms with Crippen LogP contribution in [0.15, 0.2) is 16.8 Å². The molecule has 2 heterocycles. The van der Waals surface area contributed by atoms with Crippen LogP contribution in [0.25, 0.3) is 0 Å². The second kappa shape index (κ2) is 6.66. The molecule has 0 bridgehead atoms. The number of aliphatic hydroxyl groups excluding tert-OH is 1. The lowest BCUT2D eigenvalue weighted by atomic mass is 10.1. The van der Waals surface area contributed by atoms with Crippen molar-refractivity contribution in [1.29, 1.82) is 0 Å². The molecule has 0 saturated carbocycles. The van der Waals surface area contributed by atoms with E-state index in [2.05, 4.69) is 33.6 Å². The molecule has 2 atom stereocenters. The van der Waals surface area contributed by atoms with E-state index in [1.165, 1.54) is 5.56 Å². The van der Waals surface area contributed by atoms with E-state index in [9.17, 15) is 5.11 Å². The molecule has 4 heteroatoms. The Bertz CT molecular complexity index is 334. The van der Waals surface area contributed by atoms with Crippen LogP contribution in [0.2, 0.25) is 0 Å². The summed E-state index contributed by atoms with van der Waals surface area (Å²) in [5.74, 6) is 0. The summed E-state index contributed by atoms with van der Waals surface area (Å²) >= 11 is 1.77. The maximum Gasteiger partial charge on any atom is 0.0664 e. The largest absolute Gasteiger partial charge is 0.392 e. The molecule has 1 saturated heterocycles. The Kier molecular flexibility index (Phi) is 5.18. The highest BCUT2D eigenvalue weighted by Crippen LogP contribution is 2.23. The molecule has 1 fully saturated rings. The molecule has 1 aliphatic rings. The SMILES string of the molecule is CC[C@@H](O)CN1CCN([C@H](C)c2ccsc2)CC1. The third-order valence-electron chi connectivity index (χ3n) is 3.92. The summed E-state index contributed by atoms with van der Waals surface area (Å²) in [6.07, 6.45) is 0.691. The first kappa shape index (κ1) is 14.0. The summed E-state index contributed by atoms with van der Waals surface area (Å²) in [6.45, 7) is 9.52. The van der Waals surface area contributed by atoms with Gasteiger partial charge in [-0.15, -0.1) is 0 Å². The van der Waals surface area contributed by atoms with Gasteiger partial charge in [0.15, 0.2) is 0 Å². The molecular formula is C14H24N2OS. The molecule has 18 heavy (non-hydrogen) atoms. The Morgan fingerprint density at radius 1 is 1.33 bits per heavy atom. The van der Waals surface area contributed by atoms with Gasteiger partial charge in [0.1, 0.15) is 0 Å². The number of β-amino-alcohol motifs (C(OH)–C–C–N with tert-alkyl or cyclic N) is 1. The molecular weight excluding hydrogens is 244 g/mol. The predicted octanol–water partition coefficient (Wildman–Crippen LogP) is 2.20. The fraction of sp³-hybridized carbons (Fsp3) is 0.714. The third kappa shape index (κ3) is 3.54. The van der Waals surface area contributed by atoms with Gasteiger partial charge < -0.3 is 5.11 Å². The van der Waals surface area contributed by atoms with Crippen LogP contribution in [0.4, 0.5) is 0 Å². The molecule has 1 aliphatic heterocycles. The Hall–Kier alpha value is -0.420. The van der Waals surface area contributed by atoms with Gasteiger partial charge in [0.25, 0.3) is 0 Å². The van der Waals surface area contributed by atoms with Crippen molar-refractivity contribution in [1.82, 2.24) is 9.80 Å². The first-order valence-corrected chi connectivity index (χ1v) is 7.81. The van der Waals surface area contributed by atoms with E-state index in [0.717, 1.165) is 39.1 Å². The molecule has 1 aromatic heterocycles. The third-order valence-corrected chi connectivity index (χ3v) is 4.62. The summed E-state index contributed by atoms with van der Waals surface area (Å²) in [5, 5.41) is 14.1. The van der Waals surface area contributed by atoms with Crippen molar-refractivity contribution in [3.8, 4) is 0 Å². The molecule has 102 valence electrons. The Labute approximate surface area is 114 Å². The number of thiophene rings is 1. The van der Waals surface area contributed by atoms with Crippen molar-refractivity contribution in [3.63, 3.8) is 0 Å². The fourth-order valence-electron chi connectivity index (χ4n) is 2.48. The van der Waals surface area contributed by atoms with Crippen LogP contribution >= 0.6 is 11.3 Å². The van der Waals surface area contributed by atoms with E-state index >= 15 is 0 Å². The van der Waals surface area contributed by atoms with Crippen LogP contribution in [-0.4, -0.2) is 53.7 Å². The Morgan fingerprint density at radius 2 is 2.06 bits per heavy atom. The van der Waals surface area contributed by atoms with Crippen LogP contribution in [0.1, 0.15) is 31.9 Å². The van der Waals surface area contributed by atoms with E-state index < -0.39 is 0 Å². The van der Waals surface area contributed by atoms with Crippen LogP contribution in [0, 0.1) is 0 Å². The number of rotatable bonds is 5. The molecule has 0 radical (unpaired) electrons. The van der Waals surface area contributed by atoms with Crippen LogP contribution < -0.4 is 0 Å². The van der Waals surface area contributed by atoms with E-state index in [-0.39, 0.29) is 6.10 Å². The highest BCUT2D eigenvalue weighted by molar-refractivity contribution is 7.07. The summed E-state index contributed by atoms with van der Waals surface area (Å²) in [5.41, 5.74) is 1.43. The monoisotopic (exact) mass is 268 g/mol. The average Bonchev–Trinajstić information content (AvgIpc) is 2.92. The zero-order valence-corrected chi connectivity index (χ0v) is 12.2. The highest BCUT2D eigenvalue weighted by Gasteiger charge is 2.22. The number of piperazine rings is 1. The molecule has 0 aliphatic carbocycles. The predicted molar refractivity (Wildman–Crippen MR) is 77.0 cm³/mol. The van der Waals surface area contributed by atoms with Gasteiger partial charge in [0, 0.05) is 38.8 Å². The van der Waals surface area contributed by atoms with Gasteiger partial charge in [0.2, 0.25) is 0 Å². The Morgan fingerprint density at radius 3 is 2.61 bits per heavy atom. The molecule has 0 unspecified atom stereocenters. The lowest BCUT2D eigenvalue weighted by Gasteiger charge is -2.38. The second-order valence-electron chi connectivity index (χ2n) is 5.13. The summed E-state index contributed by atoms with van der Waals surface area (Å²) < 4.78 is 0. The summed E-state index contributed by atoms with van der Waals surface area (Å²) in [4.78, 5) is 4.92. The maximum atomic E-state index is 9.68. The average molecular weight is 268 g/mol. The quantitative estimate of drug-likeness (QED) is 0.887. The molecule has 0 aromatic carbocycles. The lowest BCUT2D eigenvalue weighted by Crippen LogP contribution is -2.49. The molecule has 0 spiro atoms. The van der Waals surface area contributed by atoms with E-state index in [1.807, 2.05) is 6.92 Å². The second-order valence-corrected chi connectivity index (χ2v) is 5.91. The molecule has 2 rings (SSSR count). The number of nitrogens with zero attached hydrogens (tertiary/aromatic N) is 2. The summed E-state index contributed by atoms with van der Waals surface area (Å²) in [7, 11) is 0. The van der Waals surface area contributed by atoms with Crippen molar-refractivity contribution in [2.75, 3.05) is 32.7 Å². The van der Waals surface area contributed by atoms with Crippen LogP contribution in [0.5, 0.6) is 0 Å². The minimum atomic E-state index is -0.161. The number of aliphatic hydroxyl groups is 1. The normalized spacial score (nSPS) is 21.9. The smallest absolute Gasteiger partial charge is 0.0664 e. The van der Waals surface area contributed by atoms with E-state index in [1.54, 1.807) is 11.3 Å². The van der Waals surface area contributed by atoms with Crippen molar-refractivity contribution in [2.45, 2.75) is 32.4 Å². The highest BCUT2D eigenvalue weighted by atomic mass is 32.1. The fourth-order valence-corrected chi connectivity index (χ4v) is 3.23. The lowest BCUT2D eigenvalue weighted by molar-refractivity contribution is 0.0580. The van der Waals surface area contributed by atoms with Gasteiger partial charge in [-0.1, -0.05) is 6.92 Å². The minimum absolute atomic E-state index is 0.161. The molecule has 1 aromatic rings. The van der Waals surface area contributed by atoms with Crippen molar-refractivity contribution in [3.05, 3.63) is 22.4 Å². The van der Waals surface area contributed by atoms with Gasteiger partial charge in [-0.3, -0.25) is 9.80 Å². The van der Waals surface area contributed by atoms with Crippen molar-refractivity contribution < 1.29 is 5.11 Å². The topological polar surface area (TPSA) is 26.7 Å². The zero-order valence-electron chi connectivity index (χ0n) is 11.4. The summed E-state index contributed by atoms with van der Waals surface area (Å²) in [6, 6.07) is 2.75. The van der Waals surface area contributed by atoms with Crippen LogP contribution in [0.3, 0.4) is 0 Å². The van der Waals surface area contributed by atoms with Gasteiger partial charge >= 0.3 is 0 Å². The first-order valence-electron chi connectivity index (χ1n) is 6.87. The number of hydrogen-bond donors (Lipinski definition) is 1. The molecule has 3 nitrogen and oxygen atoms in total. The minimum Gasteiger partial charge on any atom is -0.392 e. The van der Waals surface area contributed by atoms with Gasteiger partial charge in [0.05, 0.1) is 6.10 Å². The Balaban J connectivity index is 1.79. The van der Waals surface area contributed by atoms with Gasteiger partial charge in [-0.2, -0.15) is 11.3 Å². The maximum absolute atomic E-state index is 9.68. The van der Waals surface area contributed by atoms with Gasteiger partial charge in [-0.05, 0) is 35.7 Å². The standard InChI is InChI=1S/C14H24N2OS/c1-3-14(17)10-15-5-7-16(8-6-15)12(2)13-4-9-18-11-13/h4,9,11-12,14,17H,3,5-8,10H2,1-2H3/t12-,14-/m1/s1. The molecule has 0 amide bonds.